The zero-order valence-corrected chi connectivity index (χ0v) is 9.49. The van der Waals surface area contributed by atoms with Gasteiger partial charge in [0.05, 0.1) is 28.9 Å². The molecule has 1 aromatic rings. The Hall–Kier alpha value is -1.37. The third-order valence-corrected chi connectivity index (χ3v) is 2.83. The maximum Gasteiger partial charge on any atom is 0.0872 e. The molecule has 4 nitrogen and oxygen atoms in total. The van der Waals surface area contributed by atoms with E-state index >= 15 is 0 Å². The van der Waals surface area contributed by atoms with Gasteiger partial charge in [0, 0.05) is 6.42 Å². The van der Waals surface area contributed by atoms with Gasteiger partial charge in [-0.05, 0) is 33.6 Å². The molecule has 0 N–H and O–H groups in total. The van der Waals surface area contributed by atoms with E-state index in [-0.39, 0.29) is 11.5 Å². The molecule has 2 rings (SSSR count). The summed E-state index contributed by atoms with van der Waals surface area (Å²) in [7, 11) is 0. The minimum atomic E-state index is -0.0138. The van der Waals surface area contributed by atoms with E-state index in [9.17, 15) is 0 Å². The third-order valence-electron chi connectivity index (χ3n) is 2.83. The lowest BCUT2D eigenvalue weighted by Crippen LogP contribution is -2.27. The number of nitriles is 1. The highest BCUT2D eigenvalue weighted by Gasteiger charge is 2.27. The lowest BCUT2D eigenvalue weighted by Gasteiger charge is -2.24. The van der Waals surface area contributed by atoms with Crippen molar-refractivity contribution >= 4 is 0 Å². The van der Waals surface area contributed by atoms with Gasteiger partial charge in [-0.15, -0.1) is 5.10 Å². The highest BCUT2D eigenvalue weighted by atomic mass is 15.5. The number of hydrogen-bond acceptors (Lipinski definition) is 3. The van der Waals surface area contributed by atoms with Crippen LogP contribution in [0.2, 0.25) is 0 Å². The molecule has 1 aliphatic carbocycles. The molecule has 0 radical (unpaired) electrons. The van der Waals surface area contributed by atoms with Crippen molar-refractivity contribution in [3.63, 3.8) is 0 Å². The van der Waals surface area contributed by atoms with Crippen LogP contribution in [0.25, 0.3) is 0 Å². The van der Waals surface area contributed by atoms with Crippen LogP contribution >= 0.6 is 0 Å². The van der Waals surface area contributed by atoms with Crippen LogP contribution in [0.4, 0.5) is 0 Å². The van der Waals surface area contributed by atoms with Crippen LogP contribution in [0.1, 0.15) is 38.6 Å². The van der Waals surface area contributed by atoms with E-state index in [2.05, 4.69) is 37.2 Å². The van der Waals surface area contributed by atoms with Crippen molar-refractivity contribution in [2.24, 2.45) is 5.92 Å². The van der Waals surface area contributed by atoms with E-state index in [0.717, 1.165) is 25.0 Å². The molecule has 1 aliphatic rings. The van der Waals surface area contributed by atoms with Gasteiger partial charge in [-0.2, -0.15) is 5.26 Å². The normalized spacial score (nSPS) is 20.8. The van der Waals surface area contributed by atoms with Crippen molar-refractivity contribution in [1.82, 2.24) is 15.0 Å². The first kappa shape index (κ1) is 10.2. The van der Waals surface area contributed by atoms with Crippen LogP contribution in [0.5, 0.6) is 0 Å². The maximum atomic E-state index is 8.88. The minimum absolute atomic E-state index is 0.0138. The Morgan fingerprint density at radius 2 is 2.20 bits per heavy atom. The number of hydrogen-bond donors (Lipinski definition) is 0. The Morgan fingerprint density at radius 1 is 1.47 bits per heavy atom. The third kappa shape index (κ3) is 1.74. The van der Waals surface area contributed by atoms with Gasteiger partial charge in [-0.1, -0.05) is 5.21 Å². The highest BCUT2D eigenvalue weighted by Crippen LogP contribution is 2.26. The topological polar surface area (TPSA) is 54.5 Å². The van der Waals surface area contributed by atoms with Crippen LogP contribution in [0.15, 0.2) is 0 Å². The fraction of sp³-hybridized carbons (Fsp3) is 0.727. The zero-order valence-electron chi connectivity index (χ0n) is 9.49. The summed E-state index contributed by atoms with van der Waals surface area (Å²) < 4.78 is 2.00. The van der Waals surface area contributed by atoms with Crippen LogP contribution in [-0.4, -0.2) is 15.0 Å². The monoisotopic (exact) mass is 204 g/mol. The van der Waals surface area contributed by atoms with Crippen molar-refractivity contribution in [3.05, 3.63) is 11.4 Å². The first-order valence-electron chi connectivity index (χ1n) is 5.36. The summed E-state index contributed by atoms with van der Waals surface area (Å²) in [5, 5.41) is 17.3. The van der Waals surface area contributed by atoms with Gasteiger partial charge < -0.3 is 0 Å². The van der Waals surface area contributed by atoms with Crippen molar-refractivity contribution in [2.45, 2.75) is 45.6 Å². The van der Waals surface area contributed by atoms with Crippen LogP contribution in [-0.2, 0) is 18.4 Å². The molecule has 1 heterocycles. The molecule has 0 saturated carbocycles. The maximum absolute atomic E-state index is 8.88. The lowest BCUT2D eigenvalue weighted by atomic mass is 9.90. The summed E-state index contributed by atoms with van der Waals surface area (Å²) in [6.07, 6.45) is 2.63. The smallest absolute Gasteiger partial charge is 0.0872 e. The second-order valence-electron chi connectivity index (χ2n) is 5.13. The average Bonchev–Trinajstić information content (AvgIpc) is 2.59. The van der Waals surface area contributed by atoms with E-state index in [1.165, 1.54) is 5.69 Å². The molecule has 1 unspecified atom stereocenters. The van der Waals surface area contributed by atoms with E-state index in [1.807, 2.05) is 4.68 Å². The Morgan fingerprint density at radius 3 is 2.80 bits per heavy atom. The summed E-state index contributed by atoms with van der Waals surface area (Å²) in [6, 6.07) is 2.32. The van der Waals surface area contributed by atoms with Crippen LogP contribution in [0, 0.1) is 17.2 Å². The molecule has 80 valence electrons. The molecule has 1 atom stereocenters. The van der Waals surface area contributed by atoms with Crippen LogP contribution in [0.3, 0.4) is 0 Å². The first-order chi connectivity index (χ1) is 7.02. The Kier molecular flexibility index (Phi) is 2.26. The Balaban J connectivity index is 2.35. The highest BCUT2D eigenvalue weighted by molar-refractivity contribution is 5.18. The predicted molar refractivity (Wildman–Crippen MR) is 56.1 cm³/mol. The average molecular weight is 204 g/mol. The Bertz CT molecular complexity index is 405. The molecular formula is C11H16N4. The lowest BCUT2D eigenvalue weighted by molar-refractivity contribution is 0.331. The van der Waals surface area contributed by atoms with Gasteiger partial charge in [-0.3, -0.25) is 0 Å². The van der Waals surface area contributed by atoms with Gasteiger partial charge in [0.1, 0.15) is 0 Å². The van der Waals surface area contributed by atoms with Gasteiger partial charge >= 0.3 is 0 Å². The molecule has 0 aromatic carbocycles. The molecule has 4 heteroatoms. The summed E-state index contributed by atoms with van der Waals surface area (Å²) in [4.78, 5) is 0. The summed E-state index contributed by atoms with van der Waals surface area (Å²) in [5.74, 6) is 0.127. The summed E-state index contributed by atoms with van der Waals surface area (Å²) in [6.45, 7) is 6.37. The fourth-order valence-electron chi connectivity index (χ4n) is 2.04. The molecule has 0 amide bonds. The number of fused-ring (bicyclic) bond motifs is 1. The number of aromatic nitrogens is 3. The zero-order chi connectivity index (χ0) is 11.1. The SMILES string of the molecule is CC(C)(C)n1nnc2c1CCC(C#N)C2. The van der Waals surface area contributed by atoms with Crippen molar-refractivity contribution in [1.29, 1.82) is 5.26 Å². The largest absolute Gasteiger partial charge is 0.244 e. The quantitative estimate of drug-likeness (QED) is 0.645. The van der Waals surface area contributed by atoms with Gasteiger partial charge in [0.25, 0.3) is 0 Å². The van der Waals surface area contributed by atoms with Gasteiger partial charge in [0.15, 0.2) is 0 Å². The molecule has 0 aliphatic heterocycles. The second kappa shape index (κ2) is 3.34. The van der Waals surface area contributed by atoms with Gasteiger partial charge in [0.2, 0.25) is 0 Å². The summed E-state index contributed by atoms with van der Waals surface area (Å²) >= 11 is 0. The fourth-order valence-corrected chi connectivity index (χ4v) is 2.04. The van der Waals surface area contributed by atoms with Crippen molar-refractivity contribution in [3.8, 4) is 6.07 Å². The van der Waals surface area contributed by atoms with Crippen molar-refractivity contribution < 1.29 is 0 Å². The molecule has 15 heavy (non-hydrogen) atoms. The Labute approximate surface area is 89.9 Å². The second-order valence-corrected chi connectivity index (χ2v) is 5.13. The standard InChI is InChI=1S/C11H16N4/c1-11(2,3)15-10-5-4-8(7-12)6-9(10)13-14-15/h8H,4-6H2,1-3H3. The number of nitrogens with zero attached hydrogens (tertiary/aromatic N) is 4. The first-order valence-corrected chi connectivity index (χ1v) is 5.36. The van der Waals surface area contributed by atoms with Crippen molar-refractivity contribution in [2.75, 3.05) is 0 Å². The molecule has 0 bridgehead atoms. The molecule has 0 saturated heterocycles. The molecular weight excluding hydrogens is 188 g/mol. The molecule has 0 fully saturated rings. The molecule has 0 spiro atoms. The molecule has 1 aromatic heterocycles. The predicted octanol–water partition coefficient (Wildman–Crippen LogP) is 1.66. The van der Waals surface area contributed by atoms with E-state index in [1.54, 1.807) is 0 Å². The van der Waals surface area contributed by atoms with E-state index in [4.69, 9.17) is 5.26 Å². The number of rotatable bonds is 0. The summed E-state index contributed by atoms with van der Waals surface area (Å²) in [5.41, 5.74) is 2.22. The van der Waals surface area contributed by atoms with Crippen LogP contribution < -0.4 is 0 Å². The minimum Gasteiger partial charge on any atom is -0.244 e. The van der Waals surface area contributed by atoms with Gasteiger partial charge in [-0.25, -0.2) is 4.68 Å². The van der Waals surface area contributed by atoms with E-state index in [0.29, 0.717) is 0 Å². The van der Waals surface area contributed by atoms with E-state index < -0.39 is 0 Å².